The van der Waals surface area contributed by atoms with E-state index >= 15 is 0 Å². The van der Waals surface area contributed by atoms with E-state index in [4.69, 9.17) is 23.7 Å². The van der Waals surface area contributed by atoms with Gasteiger partial charge in [0, 0.05) is 44.9 Å². The minimum absolute atomic E-state index is 0.0762. The molecular formula is C27H37N3O8. The Hall–Kier alpha value is -3.09. The van der Waals surface area contributed by atoms with Gasteiger partial charge in [-0.3, -0.25) is 15.0 Å². The maximum atomic E-state index is 12.6. The molecule has 38 heavy (non-hydrogen) atoms. The zero-order valence-electron chi connectivity index (χ0n) is 21.7. The molecule has 2 aromatic rings. The topological polar surface area (TPSA) is 113 Å². The fraction of sp³-hybridized carbons (Fsp3) is 0.519. The minimum Gasteiger partial charge on any atom is -0.445 e. The number of nitro groups is 1. The molecule has 0 aromatic heterocycles. The van der Waals surface area contributed by atoms with Crippen molar-refractivity contribution >= 4 is 11.8 Å². The first-order valence-electron chi connectivity index (χ1n) is 12.8. The zero-order chi connectivity index (χ0) is 26.8. The van der Waals surface area contributed by atoms with Crippen LogP contribution in [0.1, 0.15) is 11.1 Å². The van der Waals surface area contributed by atoms with Crippen LogP contribution in [0.3, 0.4) is 0 Å². The van der Waals surface area contributed by atoms with E-state index in [1.54, 1.807) is 17.0 Å². The molecule has 11 heteroatoms. The lowest BCUT2D eigenvalue weighted by Gasteiger charge is -2.23. The first-order chi connectivity index (χ1) is 18.6. The fourth-order valence-electron chi connectivity index (χ4n) is 3.74. The highest BCUT2D eigenvalue weighted by Gasteiger charge is 2.15. The average molecular weight is 532 g/mol. The number of amides is 1. The molecule has 1 fully saturated rings. The smallest absolute Gasteiger partial charge is 0.410 e. The SMILES string of the molecule is O=C(OCc1ccccc1)N1CCOCCOCCN(Cc2ccc([N+](=O)[O-])cc2)CCOCCOCC1. The number of hydrogen-bond donors (Lipinski definition) is 0. The standard InChI is InChI=1S/C27H37N3O8/c31-27(38-23-25-4-2-1-3-5-25)29-12-16-36-20-18-34-14-10-28(11-15-35-19-21-37-17-13-29)22-24-6-8-26(9-7-24)30(32)33/h1-9H,10-23H2. The van der Waals surface area contributed by atoms with Crippen molar-refractivity contribution in [2.45, 2.75) is 13.2 Å². The van der Waals surface area contributed by atoms with Crippen LogP contribution in [0.4, 0.5) is 10.5 Å². The Bertz CT molecular complexity index is 925. The third kappa shape index (κ3) is 11.5. The summed E-state index contributed by atoms with van der Waals surface area (Å²) in [5, 5.41) is 10.9. The highest BCUT2D eigenvalue weighted by Crippen LogP contribution is 2.13. The number of hydrogen-bond acceptors (Lipinski definition) is 9. The van der Waals surface area contributed by atoms with Gasteiger partial charge in [-0.05, 0) is 11.1 Å². The molecular weight excluding hydrogens is 494 g/mol. The molecule has 1 saturated heterocycles. The highest BCUT2D eigenvalue weighted by atomic mass is 16.6. The van der Waals surface area contributed by atoms with Crippen molar-refractivity contribution < 1.29 is 33.4 Å². The molecule has 1 aliphatic rings. The van der Waals surface area contributed by atoms with Gasteiger partial charge in [0.25, 0.3) is 5.69 Å². The maximum absolute atomic E-state index is 12.6. The van der Waals surface area contributed by atoms with E-state index in [0.29, 0.717) is 85.6 Å². The van der Waals surface area contributed by atoms with Gasteiger partial charge in [0.15, 0.2) is 0 Å². The second-order valence-electron chi connectivity index (χ2n) is 8.68. The molecule has 1 aliphatic heterocycles. The molecule has 1 amide bonds. The van der Waals surface area contributed by atoms with Crippen LogP contribution in [0.15, 0.2) is 54.6 Å². The average Bonchev–Trinajstić information content (AvgIpc) is 2.93. The first kappa shape index (κ1) is 29.5. The number of ether oxygens (including phenoxy) is 5. The van der Waals surface area contributed by atoms with Crippen LogP contribution >= 0.6 is 0 Å². The Kier molecular flexibility index (Phi) is 13.5. The number of carbonyl (C=O) groups excluding carboxylic acids is 1. The Morgan fingerprint density at radius 2 is 1.26 bits per heavy atom. The van der Waals surface area contributed by atoms with E-state index in [2.05, 4.69) is 4.90 Å². The van der Waals surface area contributed by atoms with Gasteiger partial charge in [0.2, 0.25) is 0 Å². The summed E-state index contributed by atoms with van der Waals surface area (Å²) in [6.07, 6.45) is -0.406. The van der Waals surface area contributed by atoms with Crippen molar-refractivity contribution in [3.05, 3.63) is 75.8 Å². The summed E-state index contributed by atoms with van der Waals surface area (Å²) in [6.45, 7) is 6.40. The summed E-state index contributed by atoms with van der Waals surface area (Å²) >= 11 is 0. The molecule has 0 radical (unpaired) electrons. The molecule has 0 bridgehead atoms. The van der Waals surface area contributed by atoms with Crippen LogP contribution in [0.5, 0.6) is 0 Å². The molecule has 208 valence electrons. The highest BCUT2D eigenvalue weighted by molar-refractivity contribution is 5.67. The van der Waals surface area contributed by atoms with Gasteiger partial charge in [-0.25, -0.2) is 4.79 Å². The second kappa shape index (κ2) is 17.4. The van der Waals surface area contributed by atoms with Crippen LogP contribution in [-0.2, 0) is 36.8 Å². The summed E-state index contributed by atoms with van der Waals surface area (Å²) in [5.74, 6) is 0. The number of nitro benzene ring substituents is 1. The number of nitrogens with zero attached hydrogens (tertiary/aromatic N) is 3. The summed E-state index contributed by atoms with van der Waals surface area (Å²) in [6, 6.07) is 16.1. The van der Waals surface area contributed by atoms with Crippen molar-refractivity contribution in [2.75, 3.05) is 79.0 Å². The van der Waals surface area contributed by atoms with E-state index < -0.39 is 11.0 Å². The van der Waals surface area contributed by atoms with Crippen LogP contribution in [0.2, 0.25) is 0 Å². The third-order valence-electron chi connectivity index (χ3n) is 5.88. The van der Waals surface area contributed by atoms with Crippen LogP contribution in [0, 0.1) is 10.1 Å². The van der Waals surface area contributed by atoms with Crippen molar-refractivity contribution in [3.8, 4) is 0 Å². The molecule has 0 atom stereocenters. The Labute approximate surface area is 223 Å². The van der Waals surface area contributed by atoms with E-state index in [1.165, 1.54) is 12.1 Å². The van der Waals surface area contributed by atoms with Gasteiger partial charge in [-0.2, -0.15) is 0 Å². The van der Waals surface area contributed by atoms with Crippen molar-refractivity contribution in [3.63, 3.8) is 0 Å². The van der Waals surface area contributed by atoms with Gasteiger partial charge in [0.05, 0.1) is 57.8 Å². The molecule has 0 unspecified atom stereocenters. The quantitative estimate of drug-likeness (QED) is 0.424. The fourth-order valence-corrected chi connectivity index (χ4v) is 3.74. The Morgan fingerprint density at radius 3 is 1.79 bits per heavy atom. The van der Waals surface area contributed by atoms with Gasteiger partial charge < -0.3 is 28.6 Å². The van der Waals surface area contributed by atoms with E-state index in [1.807, 2.05) is 30.3 Å². The molecule has 1 heterocycles. The third-order valence-corrected chi connectivity index (χ3v) is 5.88. The molecule has 3 rings (SSSR count). The Morgan fingerprint density at radius 1 is 0.737 bits per heavy atom. The summed E-state index contributed by atoms with van der Waals surface area (Å²) in [7, 11) is 0. The number of carbonyl (C=O) groups is 1. The van der Waals surface area contributed by atoms with Gasteiger partial charge in [0.1, 0.15) is 6.61 Å². The maximum Gasteiger partial charge on any atom is 0.410 e. The predicted octanol–water partition coefficient (Wildman–Crippen LogP) is 3.12. The molecule has 0 aliphatic carbocycles. The second-order valence-corrected chi connectivity index (χ2v) is 8.68. The molecule has 2 aromatic carbocycles. The van der Waals surface area contributed by atoms with Crippen LogP contribution < -0.4 is 0 Å². The minimum atomic E-state index is -0.406. The lowest BCUT2D eigenvalue weighted by molar-refractivity contribution is -0.384. The van der Waals surface area contributed by atoms with E-state index in [-0.39, 0.29) is 12.3 Å². The van der Waals surface area contributed by atoms with Crippen LogP contribution in [-0.4, -0.2) is 99.9 Å². The van der Waals surface area contributed by atoms with Gasteiger partial charge in [-0.15, -0.1) is 0 Å². The van der Waals surface area contributed by atoms with Gasteiger partial charge in [-0.1, -0.05) is 42.5 Å². The summed E-state index contributed by atoms with van der Waals surface area (Å²) < 4.78 is 28.3. The van der Waals surface area contributed by atoms with Gasteiger partial charge >= 0.3 is 6.09 Å². The normalized spacial score (nSPS) is 17.7. The van der Waals surface area contributed by atoms with Crippen molar-refractivity contribution in [1.29, 1.82) is 0 Å². The van der Waals surface area contributed by atoms with Crippen LogP contribution in [0.25, 0.3) is 0 Å². The lowest BCUT2D eigenvalue weighted by Crippen LogP contribution is -2.37. The lowest BCUT2D eigenvalue weighted by atomic mass is 10.2. The monoisotopic (exact) mass is 531 g/mol. The zero-order valence-corrected chi connectivity index (χ0v) is 21.7. The predicted molar refractivity (Wildman–Crippen MR) is 140 cm³/mol. The number of benzene rings is 2. The molecule has 0 spiro atoms. The summed E-state index contributed by atoms with van der Waals surface area (Å²) in [4.78, 5) is 26.9. The summed E-state index contributed by atoms with van der Waals surface area (Å²) in [5.41, 5.74) is 1.99. The Balaban J connectivity index is 1.43. The first-order valence-corrected chi connectivity index (χ1v) is 12.8. The van der Waals surface area contributed by atoms with E-state index in [9.17, 15) is 14.9 Å². The molecule has 0 N–H and O–H groups in total. The van der Waals surface area contributed by atoms with Crippen molar-refractivity contribution in [1.82, 2.24) is 9.80 Å². The number of non-ortho nitro benzene ring substituents is 1. The van der Waals surface area contributed by atoms with E-state index in [0.717, 1.165) is 11.1 Å². The van der Waals surface area contributed by atoms with Crippen molar-refractivity contribution in [2.24, 2.45) is 0 Å². The molecule has 11 nitrogen and oxygen atoms in total. The number of rotatable bonds is 5. The molecule has 0 saturated carbocycles. The largest absolute Gasteiger partial charge is 0.445 e.